The number of nitrogens with zero attached hydrogens (tertiary/aromatic N) is 2. The molecule has 1 amide bonds. The minimum absolute atomic E-state index is 0.0910. The van der Waals surface area contributed by atoms with E-state index in [2.05, 4.69) is 0 Å². The summed E-state index contributed by atoms with van der Waals surface area (Å²) in [5, 5.41) is 0. The number of hydrogen-bond acceptors (Lipinski definition) is 3. The Morgan fingerprint density at radius 2 is 1.76 bits per heavy atom. The number of ether oxygens (including phenoxy) is 2. The van der Waals surface area contributed by atoms with Crippen LogP contribution in [0.2, 0.25) is 0 Å². The van der Waals surface area contributed by atoms with Crippen LogP contribution in [0.15, 0.2) is 72.8 Å². The molecule has 0 radical (unpaired) electrons. The summed E-state index contributed by atoms with van der Waals surface area (Å²) in [6.07, 6.45) is 2.38. The lowest BCUT2D eigenvalue weighted by Crippen LogP contribution is -2.65. The number of benzene rings is 3. The molecule has 3 aliphatic rings. The zero-order valence-corrected chi connectivity index (χ0v) is 21.8. The Balaban J connectivity index is 1.25. The van der Waals surface area contributed by atoms with Crippen LogP contribution in [-0.4, -0.2) is 49.5 Å². The molecule has 0 spiro atoms. The van der Waals surface area contributed by atoms with E-state index in [1.807, 2.05) is 61.5 Å². The smallest absolute Gasteiger partial charge is 0.415 e. The van der Waals surface area contributed by atoms with Crippen molar-refractivity contribution >= 4 is 11.8 Å². The largest absolute Gasteiger partial charge is 0.493 e. The molecule has 3 aromatic rings. The van der Waals surface area contributed by atoms with E-state index >= 15 is 0 Å². The van der Waals surface area contributed by atoms with Gasteiger partial charge in [-0.3, -0.25) is 4.90 Å². The van der Waals surface area contributed by atoms with Gasteiger partial charge in [-0.2, -0.15) is 0 Å². The number of quaternary nitrogens is 1. The number of anilines is 1. The van der Waals surface area contributed by atoms with Gasteiger partial charge in [0.1, 0.15) is 12.3 Å². The summed E-state index contributed by atoms with van der Waals surface area (Å²) in [6.45, 7) is 6.69. The molecule has 3 heterocycles. The zero-order chi connectivity index (χ0) is 26.5. The van der Waals surface area contributed by atoms with Crippen LogP contribution in [0.4, 0.5) is 19.3 Å². The van der Waals surface area contributed by atoms with Gasteiger partial charge in [0, 0.05) is 30.9 Å². The van der Waals surface area contributed by atoms with Crippen molar-refractivity contribution in [2.24, 2.45) is 5.92 Å². The second-order valence-corrected chi connectivity index (χ2v) is 10.6. The Kier molecular flexibility index (Phi) is 7.93. The summed E-state index contributed by atoms with van der Waals surface area (Å²) in [6, 6.07) is 21.1. The molecular weight excluding hydrogens is 486 g/mol. The van der Waals surface area contributed by atoms with Crippen molar-refractivity contribution < 1.29 is 27.5 Å². The fourth-order valence-electron chi connectivity index (χ4n) is 5.85. The third kappa shape index (κ3) is 6.16. The Labute approximate surface area is 223 Å². The van der Waals surface area contributed by atoms with E-state index in [-0.39, 0.29) is 12.6 Å². The molecule has 3 aliphatic heterocycles. The molecule has 0 N–H and O–H groups in total. The van der Waals surface area contributed by atoms with Gasteiger partial charge < -0.3 is 14.0 Å². The van der Waals surface area contributed by atoms with Gasteiger partial charge in [0.05, 0.1) is 32.8 Å². The van der Waals surface area contributed by atoms with Crippen LogP contribution in [0.5, 0.6) is 5.75 Å². The summed E-state index contributed by atoms with van der Waals surface area (Å²) in [5.74, 6) is -0.606. The maximum atomic E-state index is 13.9. The second kappa shape index (κ2) is 11.5. The second-order valence-electron chi connectivity index (χ2n) is 10.6. The first-order valence-electron chi connectivity index (χ1n) is 13.4. The van der Waals surface area contributed by atoms with Gasteiger partial charge in [-0.05, 0) is 54.4 Å². The summed E-state index contributed by atoms with van der Waals surface area (Å²) in [7, 11) is 0. The van der Waals surface area contributed by atoms with Crippen molar-refractivity contribution in [1.29, 1.82) is 0 Å². The minimum Gasteiger partial charge on any atom is -0.493 e. The van der Waals surface area contributed by atoms with Crippen molar-refractivity contribution in [2.75, 3.05) is 37.7 Å². The van der Waals surface area contributed by atoms with Crippen molar-refractivity contribution in [3.63, 3.8) is 0 Å². The van der Waals surface area contributed by atoms with Crippen LogP contribution < -0.4 is 9.64 Å². The molecular formula is C31H35F2N2O3+. The maximum absolute atomic E-state index is 13.9. The number of piperidine rings is 3. The molecule has 6 rings (SSSR count). The third-order valence-corrected chi connectivity index (χ3v) is 7.94. The van der Waals surface area contributed by atoms with Gasteiger partial charge in [-0.15, -0.1) is 0 Å². The van der Waals surface area contributed by atoms with Crippen molar-refractivity contribution in [2.45, 2.75) is 38.8 Å². The number of hydrogen-bond donors (Lipinski definition) is 0. The van der Waals surface area contributed by atoms with Gasteiger partial charge >= 0.3 is 6.09 Å². The van der Waals surface area contributed by atoms with E-state index in [0.29, 0.717) is 23.8 Å². The van der Waals surface area contributed by atoms with Gasteiger partial charge in [-0.1, -0.05) is 36.4 Å². The average Bonchev–Trinajstić information content (AvgIpc) is 2.93. The van der Waals surface area contributed by atoms with Crippen LogP contribution in [0.3, 0.4) is 0 Å². The van der Waals surface area contributed by atoms with Crippen LogP contribution in [0.25, 0.3) is 0 Å². The average molecular weight is 522 g/mol. The van der Waals surface area contributed by atoms with Gasteiger partial charge in [0.15, 0.2) is 17.7 Å². The molecule has 7 heteroatoms. The molecule has 3 aromatic carbocycles. The third-order valence-electron chi connectivity index (χ3n) is 7.94. The highest BCUT2D eigenvalue weighted by atomic mass is 19.2. The highest BCUT2D eigenvalue weighted by molar-refractivity contribution is 5.87. The van der Waals surface area contributed by atoms with Crippen molar-refractivity contribution in [3.8, 4) is 5.75 Å². The number of carbonyl (C=O) groups excluding carboxylic acids is 1. The molecule has 200 valence electrons. The fourth-order valence-corrected chi connectivity index (χ4v) is 5.85. The zero-order valence-electron chi connectivity index (χ0n) is 21.8. The standard InChI is InChI=1S/C31H35F2N2O3/c1-23-7-5-8-26(19-23)34(21-24-11-12-28(32)29(33)20-24)31(36)38-30-22-35(16-13-25(30)14-17-35)15-6-18-37-27-9-3-2-4-10-27/h2-5,7-12,19-20,25,30H,6,13-18,21-22H2,1H3/q+1. The highest BCUT2D eigenvalue weighted by Crippen LogP contribution is 2.36. The molecule has 2 bridgehead atoms. The number of para-hydroxylation sites is 1. The topological polar surface area (TPSA) is 38.8 Å². The highest BCUT2D eigenvalue weighted by Gasteiger charge is 2.47. The van der Waals surface area contributed by atoms with Gasteiger partial charge in [0.2, 0.25) is 0 Å². The number of fused-ring (bicyclic) bond motifs is 3. The molecule has 0 saturated carbocycles. The summed E-state index contributed by atoms with van der Waals surface area (Å²) in [4.78, 5) is 15.1. The van der Waals surface area contributed by atoms with Crippen LogP contribution in [0.1, 0.15) is 30.4 Å². The van der Waals surface area contributed by atoms with Gasteiger partial charge in [-0.25, -0.2) is 13.6 Å². The summed E-state index contributed by atoms with van der Waals surface area (Å²) < 4.78 is 40.5. The number of rotatable bonds is 9. The maximum Gasteiger partial charge on any atom is 0.415 e. The summed E-state index contributed by atoms with van der Waals surface area (Å²) >= 11 is 0. The molecule has 3 saturated heterocycles. The van der Waals surface area contributed by atoms with Crippen molar-refractivity contribution in [1.82, 2.24) is 0 Å². The molecule has 38 heavy (non-hydrogen) atoms. The molecule has 1 atom stereocenters. The Morgan fingerprint density at radius 1 is 0.974 bits per heavy atom. The molecule has 0 aliphatic carbocycles. The molecule has 0 aromatic heterocycles. The SMILES string of the molecule is Cc1cccc(N(Cc2ccc(F)c(F)c2)C(=O)OC2C[N+]3(CCCOc4ccccc4)CCC2CC3)c1. The van der Waals surface area contributed by atoms with Crippen LogP contribution in [0, 0.1) is 24.5 Å². The normalized spacial score (nSPS) is 22.2. The van der Waals surface area contributed by atoms with E-state index in [9.17, 15) is 13.6 Å². The Hall–Kier alpha value is -3.45. The van der Waals surface area contributed by atoms with Crippen molar-refractivity contribution in [3.05, 3.63) is 95.6 Å². The lowest BCUT2D eigenvalue weighted by molar-refractivity contribution is -0.946. The van der Waals surface area contributed by atoms with E-state index in [4.69, 9.17) is 9.47 Å². The molecule has 3 fully saturated rings. The van der Waals surface area contributed by atoms with E-state index in [0.717, 1.165) is 73.4 Å². The first-order chi connectivity index (χ1) is 18.4. The first kappa shape index (κ1) is 26.2. The number of amides is 1. The first-order valence-corrected chi connectivity index (χ1v) is 13.4. The number of halogens is 2. The summed E-state index contributed by atoms with van der Waals surface area (Å²) in [5.41, 5.74) is 2.16. The fraction of sp³-hybridized carbons (Fsp3) is 0.387. The lowest BCUT2D eigenvalue weighted by atomic mass is 9.83. The number of aryl methyl sites for hydroxylation is 1. The Bertz CT molecular complexity index is 1240. The predicted octanol–water partition coefficient (Wildman–Crippen LogP) is 6.49. The molecule has 5 nitrogen and oxygen atoms in total. The minimum atomic E-state index is -0.930. The van der Waals surface area contributed by atoms with E-state index < -0.39 is 17.7 Å². The monoisotopic (exact) mass is 521 g/mol. The quantitative estimate of drug-likeness (QED) is 0.239. The van der Waals surface area contributed by atoms with Gasteiger partial charge in [0.25, 0.3) is 0 Å². The van der Waals surface area contributed by atoms with E-state index in [1.165, 1.54) is 11.0 Å². The molecule has 1 unspecified atom stereocenters. The van der Waals surface area contributed by atoms with Crippen LogP contribution >= 0.6 is 0 Å². The van der Waals surface area contributed by atoms with Crippen LogP contribution in [-0.2, 0) is 11.3 Å². The predicted molar refractivity (Wildman–Crippen MR) is 143 cm³/mol. The Morgan fingerprint density at radius 3 is 2.50 bits per heavy atom. The van der Waals surface area contributed by atoms with E-state index in [1.54, 1.807) is 0 Å². The lowest BCUT2D eigenvalue weighted by Gasteiger charge is -2.52. The number of carbonyl (C=O) groups is 1.